The number of nitrogens with two attached hydrogens (primary N) is 2. The lowest BCUT2D eigenvalue weighted by atomic mass is 10.1. The van der Waals surface area contributed by atoms with E-state index in [1.165, 1.54) is 38.5 Å². The van der Waals surface area contributed by atoms with Gasteiger partial charge < -0.3 is 49.4 Å². The average Bonchev–Trinajstić information content (AvgIpc) is 3.96. The molecule has 12 heteroatoms. The summed E-state index contributed by atoms with van der Waals surface area (Å²) in [6.45, 7) is 36.4. The van der Waals surface area contributed by atoms with Gasteiger partial charge in [-0.15, -0.1) is 0 Å². The van der Waals surface area contributed by atoms with Gasteiger partial charge in [0, 0.05) is 30.8 Å². The van der Waals surface area contributed by atoms with Gasteiger partial charge in [-0.3, -0.25) is 9.80 Å². The molecule has 322 valence electrons. The summed E-state index contributed by atoms with van der Waals surface area (Å²) < 4.78 is 43.8. The van der Waals surface area contributed by atoms with Gasteiger partial charge in [0.05, 0.1) is 91.5 Å². The molecule has 1 fully saturated rings. The normalized spacial score (nSPS) is 17.4. The average molecular weight is 767 g/mol. The molecule has 12 nitrogen and oxygen atoms in total. The van der Waals surface area contributed by atoms with E-state index in [4.69, 9.17) is 49.4 Å². The Bertz CT molecular complexity index is 715. The molecule has 0 bridgehead atoms. The van der Waals surface area contributed by atoms with Crippen LogP contribution in [-0.4, -0.2) is 164 Å². The van der Waals surface area contributed by atoms with Crippen LogP contribution in [0.5, 0.6) is 0 Å². The first-order valence-electron chi connectivity index (χ1n) is 21.2. The van der Waals surface area contributed by atoms with Crippen molar-refractivity contribution in [3.05, 3.63) is 0 Å². The van der Waals surface area contributed by atoms with Crippen LogP contribution in [0.3, 0.4) is 0 Å². The summed E-state index contributed by atoms with van der Waals surface area (Å²) in [6.07, 6.45) is 8.64. The van der Waals surface area contributed by atoms with Gasteiger partial charge in [0.1, 0.15) is 6.10 Å². The number of rotatable bonds is 35. The van der Waals surface area contributed by atoms with Crippen LogP contribution in [0.25, 0.3) is 0 Å². The zero-order valence-electron chi connectivity index (χ0n) is 36.6. The Labute approximate surface area is 327 Å². The Morgan fingerprint density at radius 2 is 0.925 bits per heavy atom. The molecule has 0 saturated carbocycles. The van der Waals surface area contributed by atoms with E-state index in [0.717, 1.165) is 59.2 Å². The topological polar surface area (TPSA) is 136 Å². The van der Waals surface area contributed by atoms with Crippen molar-refractivity contribution in [2.24, 2.45) is 11.5 Å². The molecule has 0 aromatic carbocycles. The van der Waals surface area contributed by atoms with E-state index in [1.807, 2.05) is 20.8 Å². The maximum Gasteiger partial charge on any atom is 0.104 e. The molecule has 1 rings (SSSR count). The number of hydrogen-bond donors (Lipinski definition) is 2. The van der Waals surface area contributed by atoms with E-state index in [0.29, 0.717) is 71.0 Å². The van der Waals surface area contributed by atoms with Crippen molar-refractivity contribution in [2.75, 3.05) is 112 Å². The van der Waals surface area contributed by atoms with Gasteiger partial charge in [-0.25, -0.2) is 0 Å². The predicted octanol–water partition coefficient (Wildman–Crippen LogP) is 5.77. The number of epoxide rings is 1. The number of likely N-dealkylation sites (N-methyl/N-ethyl adjacent to an activating group) is 2. The van der Waals surface area contributed by atoms with Crippen LogP contribution in [0.4, 0.5) is 0 Å². The van der Waals surface area contributed by atoms with Gasteiger partial charge >= 0.3 is 0 Å². The lowest BCUT2D eigenvalue weighted by Crippen LogP contribution is -2.37. The maximum absolute atomic E-state index is 5.88. The lowest BCUT2D eigenvalue weighted by molar-refractivity contribution is -0.0404. The first-order chi connectivity index (χ1) is 25.4. The van der Waals surface area contributed by atoms with E-state index in [-0.39, 0.29) is 24.3 Å². The summed E-state index contributed by atoms with van der Waals surface area (Å²) >= 11 is 0. The molecular formula is C41H90N4O8. The fourth-order valence-corrected chi connectivity index (χ4v) is 5.24. The van der Waals surface area contributed by atoms with Crippen molar-refractivity contribution in [1.82, 2.24) is 9.80 Å². The molecule has 1 aliphatic heterocycles. The first kappa shape index (κ1) is 54.6. The zero-order chi connectivity index (χ0) is 40.1. The van der Waals surface area contributed by atoms with Crippen LogP contribution < -0.4 is 11.5 Å². The third-order valence-electron chi connectivity index (χ3n) is 8.67. The van der Waals surface area contributed by atoms with Crippen LogP contribution >= 0.6 is 0 Å². The second kappa shape index (κ2) is 39.7. The highest BCUT2D eigenvalue weighted by atomic mass is 16.6. The van der Waals surface area contributed by atoms with E-state index in [1.54, 1.807) is 0 Å². The summed E-state index contributed by atoms with van der Waals surface area (Å²) in [5, 5.41) is 0. The van der Waals surface area contributed by atoms with Crippen LogP contribution in [0.2, 0.25) is 0 Å². The van der Waals surface area contributed by atoms with Gasteiger partial charge in [0.25, 0.3) is 0 Å². The third-order valence-corrected chi connectivity index (χ3v) is 8.67. The van der Waals surface area contributed by atoms with E-state index < -0.39 is 0 Å². The molecule has 0 amide bonds. The SMILES string of the molecule is CC(N)COCCOCC(C)OCC(C)N.CCCCCCCCOCC1CO1.CCN(CC)C(C)COCCOCC(C)OCC(C)N(CC)CC. The highest BCUT2D eigenvalue weighted by Gasteiger charge is 2.22. The highest BCUT2D eigenvalue weighted by Crippen LogP contribution is 2.10. The molecule has 0 aliphatic carbocycles. The molecule has 7 atom stereocenters. The summed E-state index contributed by atoms with van der Waals surface area (Å²) in [4.78, 5) is 4.80. The van der Waals surface area contributed by atoms with Gasteiger partial charge in [-0.1, -0.05) is 66.7 Å². The summed E-state index contributed by atoms with van der Waals surface area (Å²) in [5.41, 5.74) is 11.1. The van der Waals surface area contributed by atoms with Gasteiger partial charge in [0.2, 0.25) is 0 Å². The van der Waals surface area contributed by atoms with Crippen molar-refractivity contribution in [3.8, 4) is 0 Å². The van der Waals surface area contributed by atoms with Crippen LogP contribution in [-0.2, 0) is 37.9 Å². The van der Waals surface area contributed by atoms with E-state index in [2.05, 4.69) is 65.2 Å². The molecule has 1 heterocycles. The minimum atomic E-state index is 0.0665. The van der Waals surface area contributed by atoms with Gasteiger partial charge in [-0.2, -0.15) is 0 Å². The van der Waals surface area contributed by atoms with Crippen molar-refractivity contribution >= 4 is 0 Å². The molecule has 1 saturated heterocycles. The molecule has 1 aliphatic rings. The molecule has 53 heavy (non-hydrogen) atoms. The Balaban J connectivity index is 0. The second-order valence-corrected chi connectivity index (χ2v) is 14.5. The molecule has 4 N–H and O–H groups in total. The second-order valence-electron chi connectivity index (χ2n) is 14.5. The summed E-state index contributed by atoms with van der Waals surface area (Å²) in [7, 11) is 0. The zero-order valence-corrected chi connectivity index (χ0v) is 36.6. The number of unbranched alkanes of at least 4 members (excludes halogenated alkanes) is 5. The predicted molar refractivity (Wildman–Crippen MR) is 220 cm³/mol. The number of nitrogens with zero attached hydrogens (tertiary/aromatic N) is 2. The van der Waals surface area contributed by atoms with Crippen LogP contribution in [0.15, 0.2) is 0 Å². The summed E-state index contributed by atoms with van der Waals surface area (Å²) in [6, 6.07) is 1.06. The lowest BCUT2D eigenvalue weighted by Gasteiger charge is -2.27. The third kappa shape index (κ3) is 39.5. The first-order valence-corrected chi connectivity index (χ1v) is 21.2. The van der Waals surface area contributed by atoms with Crippen LogP contribution in [0.1, 0.15) is 115 Å². The number of ether oxygens (including phenoxy) is 8. The Hall–Kier alpha value is -0.480. The number of hydrogen-bond acceptors (Lipinski definition) is 12. The smallest absolute Gasteiger partial charge is 0.104 e. The van der Waals surface area contributed by atoms with E-state index >= 15 is 0 Å². The highest BCUT2D eigenvalue weighted by molar-refractivity contribution is 4.67. The maximum atomic E-state index is 5.88. The quantitative estimate of drug-likeness (QED) is 0.0600. The monoisotopic (exact) mass is 767 g/mol. The molecule has 0 radical (unpaired) electrons. The Kier molecular flexibility index (Phi) is 41.0. The molecule has 0 spiro atoms. The Morgan fingerprint density at radius 1 is 0.509 bits per heavy atom. The van der Waals surface area contributed by atoms with Crippen molar-refractivity contribution in [2.45, 2.75) is 157 Å². The van der Waals surface area contributed by atoms with Gasteiger partial charge in [0.15, 0.2) is 0 Å². The minimum Gasteiger partial charge on any atom is -0.379 e. The van der Waals surface area contributed by atoms with E-state index in [9.17, 15) is 0 Å². The fraction of sp³-hybridized carbons (Fsp3) is 1.00. The molecule has 0 aromatic heterocycles. The molecule has 0 aromatic rings. The standard InChI is InChI=1S/C19H42N2O3.C11H26N2O3.C11H22O2/c1-8-20(9-2)17(5)14-22-12-13-23-16-19(7)24-15-18(6)21(10-3)11-4;1-9(12)6-14-4-5-15-8-11(3)16-7-10(2)13;1-2-3-4-5-6-7-8-12-9-11-10-13-11/h17-19H,8-16H2,1-7H3;9-11H,4-8,12-13H2,1-3H3;11H,2-10H2,1H3. The minimum absolute atomic E-state index is 0.0665. The van der Waals surface area contributed by atoms with Crippen LogP contribution in [0, 0.1) is 0 Å². The van der Waals surface area contributed by atoms with Crippen molar-refractivity contribution in [1.29, 1.82) is 0 Å². The fourth-order valence-electron chi connectivity index (χ4n) is 5.24. The van der Waals surface area contributed by atoms with Gasteiger partial charge in [-0.05, 0) is 74.1 Å². The summed E-state index contributed by atoms with van der Waals surface area (Å²) in [5.74, 6) is 0. The van der Waals surface area contributed by atoms with Crippen molar-refractivity contribution in [3.63, 3.8) is 0 Å². The molecule has 7 unspecified atom stereocenters. The Morgan fingerprint density at radius 3 is 1.38 bits per heavy atom. The molecular weight excluding hydrogens is 676 g/mol. The largest absolute Gasteiger partial charge is 0.379 e. The van der Waals surface area contributed by atoms with Crippen molar-refractivity contribution < 1.29 is 37.9 Å².